The monoisotopic (exact) mass is 320 g/mol. The van der Waals surface area contributed by atoms with Crippen LogP contribution in [0.1, 0.15) is 37.2 Å². The maximum Gasteiger partial charge on any atom is 0.147 e. The molecule has 0 saturated heterocycles. The molecule has 1 N–H and O–H groups in total. The van der Waals surface area contributed by atoms with E-state index in [4.69, 9.17) is 9.15 Å². The molecule has 2 aromatic rings. The second-order valence-corrected chi connectivity index (χ2v) is 6.26. The van der Waals surface area contributed by atoms with Gasteiger partial charge in [0.25, 0.3) is 0 Å². The van der Waals surface area contributed by atoms with Gasteiger partial charge in [-0.3, -0.25) is 4.90 Å². The lowest BCUT2D eigenvalue weighted by molar-refractivity contribution is 0.000898. The summed E-state index contributed by atoms with van der Waals surface area (Å²) in [4.78, 5) is 2.19. The molecule has 0 aromatic carbocycles. The number of aliphatic hydroxyl groups excluding tert-OH is 1. The van der Waals surface area contributed by atoms with Crippen LogP contribution in [0.15, 0.2) is 22.8 Å². The van der Waals surface area contributed by atoms with Gasteiger partial charge in [0, 0.05) is 25.6 Å². The van der Waals surface area contributed by atoms with Crippen LogP contribution in [0.5, 0.6) is 0 Å². The zero-order valence-electron chi connectivity index (χ0n) is 13.7. The molecule has 0 radical (unpaired) electrons. The summed E-state index contributed by atoms with van der Waals surface area (Å²) >= 11 is 0. The van der Waals surface area contributed by atoms with Crippen LogP contribution < -0.4 is 0 Å². The van der Waals surface area contributed by atoms with Gasteiger partial charge in [0.1, 0.15) is 24.0 Å². The smallest absolute Gasteiger partial charge is 0.147 e. The van der Waals surface area contributed by atoms with E-state index in [1.807, 2.05) is 12.1 Å². The van der Waals surface area contributed by atoms with Crippen LogP contribution in [0, 0.1) is 0 Å². The van der Waals surface area contributed by atoms with E-state index in [0.717, 1.165) is 37.0 Å². The molecule has 1 aliphatic heterocycles. The van der Waals surface area contributed by atoms with Gasteiger partial charge < -0.3 is 18.8 Å². The first kappa shape index (κ1) is 16.2. The molecule has 1 atom stereocenters. The first-order valence-corrected chi connectivity index (χ1v) is 8.06. The number of β-amino-alcohol motifs (C(OH)–C–C–N with tert-alkyl or cyclic N) is 1. The number of hydrogen-bond acceptors (Lipinski definition) is 6. The van der Waals surface area contributed by atoms with Crippen molar-refractivity contribution in [2.45, 2.75) is 45.6 Å². The number of nitrogens with zero attached hydrogens (tertiary/aromatic N) is 4. The van der Waals surface area contributed by atoms with Gasteiger partial charge in [-0.2, -0.15) is 0 Å². The summed E-state index contributed by atoms with van der Waals surface area (Å²) in [5.41, 5.74) is 0. The zero-order chi connectivity index (χ0) is 16.2. The molecule has 0 fully saturated rings. The van der Waals surface area contributed by atoms with Crippen LogP contribution in [0.4, 0.5) is 0 Å². The highest BCUT2D eigenvalue weighted by molar-refractivity contribution is 5.02. The van der Waals surface area contributed by atoms with Crippen LogP contribution >= 0.6 is 0 Å². The average Bonchev–Trinajstić information content (AvgIpc) is 3.15. The summed E-state index contributed by atoms with van der Waals surface area (Å²) in [6.07, 6.45) is 1.09. The molecular weight excluding hydrogens is 296 g/mol. The number of aliphatic hydroxyl groups is 1. The normalized spacial score (nSPS) is 16.7. The van der Waals surface area contributed by atoms with E-state index in [1.54, 1.807) is 6.26 Å². The Kier molecular flexibility index (Phi) is 5.09. The van der Waals surface area contributed by atoms with Gasteiger partial charge >= 0.3 is 0 Å². The summed E-state index contributed by atoms with van der Waals surface area (Å²) < 4.78 is 12.9. The Bertz CT molecular complexity index is 609. The molecule has 3 heterocycles. The highest BCUT2D eigenvalue weighted by Crippen LogP contribution is 2.18. The van der Waals surface area contributed by atoms with E-state index in [-0.39, 0.29) is 0 Å². The summed E-state index contributed by atoms with van der Waals surface area (Å²) in [5.74, 6) is 3.17. The number of ether oxygens (including phenoxy) is 1. The fourth-order valence-corrected chi connectivity index (χ4v) is 2.85. The van der Waals surface area contributed by atoms with E-state index >= 15 is 0 Å². The SMILES string of the molecule is CC(C)c1nnc2n1CCN(CC(O)COCc1ccco1)C2. The van der Waals surface area contributed by atoms with Crippen molar-refractivity contribution in [1.29, 1.82) is 0 Å². The van der Waals surface area contributed by atoms with Gasteiger partial charge in [0.2, 0.25) is 0 Å². The zero-order valence-corrected chi connectivity index (χ0v) is 13.7. The Hall–Kier alpha value is -1.70. The number of rotatable bonds is 7. The van der Waals surface area contributed by atoms with Crippen LogP contribution in [0.2, 0.25) is 0 Å². The van der Waals surface area contributed by atoms with Crippen molar-refractivity contribution in [2.24, 2.45) is 0 Å². The quantitative estimate of drug-likeness (QED) is 0.831. The molecule has 1 unspecified atom stereocenters. The Balaban J connectivity index is 1.45. The fourth-order valence-electron chi connectivity index (χ4n) is 2.85. The average molecular weight is 320 g/mol. The van der Waals surface area contributed by atoms with Gasteiger partial charge in [-0.05, 0) is 12.1 Å². The van der Waals surface area contributed by atoms with Gasteiger partial charge in [0.15, 0.2) is 0 Å². The van der Waals surface area contributed by atoms with Gasteiger partial charge in [-0.1, -0.05) is 13.8 Å². The van der Waals surface area contributed by atoms with E-state index in [1.165, 1.54) is 0 Å². The van der Waals surface area contributed by atoms with Crippen molar-refractivity contribution in [3.63, 3.8) is 0 Å². The molecule has 1 aliphatic rings. The largest absolute Gasteiger partial charge is 0.467 e. The van der Waals surface area contributed by atoms with Crippen LogP contribution in [-0.2, 0) is 24.4 Å². The molecule has 0 aliphatic carbocycles. The van der Waals surface area contributed by atoms with Crippen molar-refractivity contribution in [1.82, 2.24) is 19.7 Å². The second kappa shape index (κ2) is 7.25. The minimum absolute atomic E-state index is 0.293. The van der Waals surface area contributed by atoms with E-state index < -0.39 is 6.10 Å². The third-order valence-corrected chi connectivity index (χ3v) is 3.98. The Morgan fingerprint density at radius 1 is 1.35 bits per heavy atom. The van der Waals surface area contributed by atoms with Gasteiger partial charge in [-0.15, -0.1) is 10.2 Å². The summed E-state index contributed by atoms with van der Waals surface area (Å²) in [5, 5.41) is 18.7. The first-order valence-electron chi connectivity index (χ1n) is 8.06. The molecule has 126 valence electrons. The van der Waals surface area contributed by atoms with Crippen molar-refractivity contribution >= 4 is 0 Å². The Morgan fingerprint density at radius 3 is 2.96 bits per heavy atom. The standard InChI is InChI=1S/C16H24N4O3/c1-12(2)16-18-17-15-9-19(5-6-20(15)16)8-13(21)10-22-11-14-4-3-7-23-14/h3-4,7,12-13,21H,5-6,8-11H2,1-2H3. The van der Waals surface area contributed by atoms with Crippen LogP contribution in [0.25, 0.3) is 0 Å². The molecule has 3 rings (SSSR count). The Morgan fingerprint density at radius 2 is 2.22 bits per heavy atom. The maximum absolute atomic E-state index is 10.1. The first-order chi connectivity index (χ1) is 11.1. The third-order valence-electron chi connectivity index (χ3n) is 3.98. The minimum atomic E-state index is -0.524. The molecule has 7 nitrogen and oxygen atoms in total. The molecule has 0 spiro atoms. The van der Waals surface area contributed by atoms with Crippen molar-refractivity contribution in [2.75, 3.05) is 19.7 Å². The van der Waals surface area contributed by atoms with Crippen molar-refractivity contribution in [3.05, 3.63) is 35.8 Å². The fraction of sp³-hybridized carbons (Fsp3) is 0.625. The number of furan rings is 1. The molecule has 0 bridgehead atoms. The summed E-state index contributed by atoms with van der Waals surface area (Å²) in [7, 11) is 0. The van der Waals surface area contributed by atoms with Crippen molar-refractivity contribution < 1.29 is 14.3 Å². The maximum atomic E-state index is 10.1. The Labute approximate surface area is 135 Å². The summed E-state index contributed by atoms with van der Waals surface area (Å²) in [6.45, 7) is 7.98. The van der Waals surface area contributed by atoms with E-state index in [2.05, 4.69) is 33.5 Å². The molecular formula is C16H24N4O3. The van der Waals surface area contributed by atoms with Crippen LogP contribution in [0.3, 0.4) is 0 Å². The molecule has 2 aromatic heterocycles. The van der Waals surface area contributed by atoms with Crippen molar-refractivity contribution in [3.8, 4) is 0 Å². The highest BCUT2D eigenvalue weighted by Gasteiger charge is 2.23. The van der Waals surface area contributed by atoms with E-state index in [9.17, 15) is 5.11 Å². The van der Waals surface area contributed by atoms with Gasteiger partial charge in [-0.25, -0.2) is 0 Å². The second-order valence-electron chi connectivity index (χ2n) is 6.26. The number of fused-ring (bicyclic) bond motifs is 1. The predicted molar refractivity (Wildman–Crippen MR) is 83.8 cm³/mol. The molecule has 0 saturated carbocycles. The summed E-state index contributed by atoms with van der Waals surface area (Å²) in [6, 6.07) is 3.68. The number of hydrogen-bond donors (Lipinski definition) is 1. The highest BCUT2D eigenvalue weighted by atomic mass is 16.5. The minimum Gasteiger partial charge on any atom is -0.467 e. The molecule has 0 amide bonds. The lowest BCUT2D eigenvalue weighted by Gasteiger charge is -2.29. The molecule has 23 heavy (non-hydrogen) atoms. The van der Waals surface area contributed by atoms with E-state index in [0.29, 0.717) is 25.7 Å². The predicted octanol–water partition coefficient (Wildman–Crippen LogP) is 1.39. The lowest BCUT2D eigenvalue weighted by Crippen LogP contribution is -2.40. The third kappa shape index (κ3) is 3.99. The number of aromatic nitrogens is 3. The topological polar surface area (TPSA) is 76.6 Å². The lowest BCUT2D eigenvalue weighted by atomic mass is 10.2. The molecule has 7 heteroatoms. The van der Waals surface area contributed by atoms with Crippen LogP contribution in [-0.4, -0.2) is 50.6 Å². The van der Waals surface area contributed by atoms with Gasteiger partial charge in [0.05, 0.1) is 25.5 Å².